The van der Waals surface area contributed by atoms with Crippen LogP contribution in [0.5, 0.6) is 0 Å². The van der Waals surface area contributed by atoms with Crippen molar-refractivity contribution in [2.75, 3.05) is 13.1 Å². The number of hydrogen-bond donors (Lipinski definition) is 1. The molecule has 4 heteroatoms. The van der Waals surface area contributed by atoms with Crippen LogP contribution in [0.4, 0.5) is 0 Å². The van der Waals surface area contributed by atoms with Gasteiger partial charge in [-0.25, -0.2) is 0 Å². The number of aromatic nitrogens is 1. The molecule has 0 unspecified atom stereocenters. The minimum Gasteiger partial charge on any atom is -0.360 e. The molecule has 1 amide bonds. The number of fused-ring (bicyclic) bond motifs is 1. The van der Waals surface area contributed by atoms with E-state index < -0.39 is 0 Å². The Bertz CT molecular complexity index is 543. The van der Waals surface area contributed by atoms with Crippen LogP contribution < -0.4 is 0 Å². The van der Waals surface area contributed by atoms with Gasteiger partial charge in [-0.2, -0.15) is 0 Å². The van der Waals surface area contributed by atoms with Gasteiger partial charge >= 0.3 is 0 Å². The summed E-state index contributed by atoms with van der Waals surface area (Å²) in [6, 6.07) is 5.91. The number of aromatic amines is 1. The number of carbonyl (C=O) groups excluding carboxylic acids is 1. The lowest BCUT2D eigenvalue weighted by Crippen LogP contribution is -2.30. The molecule has 3 nitrogen and oxygen atoms in total. The zero-order valence-electron chi connectivity index (χ0n) is 9.96. The molecule has 0 saturated heterocycles. The summed E-state index contributed by atoms with van der Waals surface area (Å²) in [5, 5.41) is 0.969. The molecule has 0 radical (unpaired) electrons. The predicted molar refractivity (Wildman–Crippen MR) is 73.3 cm³/mol. The third-order valence-electron chi connectivity index (χ3n) is 2.92. The first-order valence-corrected chi connectivity index (χ1v) is 6.52. The standard InChI is InChI=1S/C13H15BrN2O/c1-3-16(4-2)13(17)11-8-15-12-6-5-9(14)7-10(11)12/h5-8,15H,3-4H2,1-2H3. The number of nitrogens with zero attached hydrogens (tertiary/aromatic N) is 1. The molecule has 1 N–H and O–H groups in total. The molecule has 0 aliphatic carbocycles. The van der Waals surface area contributed by atoms with Crippen LogP contribution >= 0.6 is 15.9 Å². The van der Waals surface area contributed by atoms with Gasteiger partial charge in [-0.05, 0) is 32.0 Å². The van der Waals surface area contributed by atoms with Crippen molar-refractivity contribution < 1.29 is 4.79 Å². The van der Waals surface area contributed by atoms with E-state index in [1.165, 1.54) is 0 Å². The number of carbonyl (C=O) groups is 1. The third-order valence-corrected chi connectivity index (χ3v) is 3.42. The molecule has 0 bridgehead atoms. The summed E-state index contributed by atoms with van der Waals surface area (Å²) in [7, 11) is 0. The fourth-order valence-corrected chi connectivity index (χ4v) is 2.31. The molecule has 0 saturated carbocycles. The monoisotopic (exact) mass is 294 g/mol. The van der Waals surface area contributed by atoms with Gasteiger partial charge in [-0.3, -0.25) is 4.79 Å². The van der Waals surface area contributed by atoms with Gasteiger partial charge in [-0.15, -0.1) is 0 Å². The Morgan fingerprint density at radius 1 is 1.35 bits per heavy atom. The Labute approximate surface area is 109 Å². The summed E-state index contributed by atoms with van der Waals surface area (Å²) in [4.78, 5) is 17.2. The molecule has 0 aliphatic rings. The summed E-state index contributed by atoms with van der Waals surface area (Å²) in [5.74, 6) is 0.0827. The smallest absolute Gasteiger partial charge is 0.256 e. The minimum atomic E-state index is 0.0827. The van der Waals surface area contributed by atoms with E-state index in [0.717, 1.165) is 34.0 Å². The maximum absolute atomic E-state index is 12.3. The summed E-state index contributed by atoms with van der Waals surface area (Å²) < 4.78 is 0.984. The highest BCUT2D eigenvalue weighted by Crippen LogP contribution is 2.23. The SMILES string of the molecule is CCN(CC)C(=O)c1c[nH]c2ccc(Br)cc12. The van der Waals surface area contributed by atoms with Crippen LogP contribution in [0.15, 0.2) is 28.9 Å². The molecule has 0 spiro atoms. The lowest BCUT2D eigenvalue weighted by Gasteiger charge is -2.17. The second kappa shape index (κ2) is 4.92. The average Bonchev–Trinajstić information content (AvgIpc) is 2.73. The van der Waals surface area contributed by atoms with Gasteiger partial charge in [0.1, 0.15) is 0 Å². The van der Waals surface area contributed by atoms with E-state index in [2.05, 4.69) is 20.9 Å². The third kappa shape index (κ3) is 2.22. The molecular formula is C13H15BrN2O. The number of nitrogens with one attached hydrogen (secondary N) is 1. The second-order valence-electron chi connectivity index (χ2n) is 3.87. The van der Waals surface area contributed by atoms with Crippen molar-refractivity contribution in [1.29, 1.82) is 0 Å². The molecule has 2 rings (SSSR count). The van der Waals surface area contributed by atoms with Crippen LogP contribution in [0.25, 0.3) is 10.9 Å². The quantitative estimate of drug-likeness (QED) is 0.925. The van der Waals surface area contributed by atoms with Crippen LogP contribution in [0.2, 0.25) is 0 Å². The lowest BCUT2D eigenvalue weighted by molar-refractivity contribution is 0.0775. The van der Waals surface area contributed by atoms with Crippen molar-refractivity contribution in [2.24, 2.45) is 0 Å². The summed E-state index contributed by atoms with van der Waals surface area (Å²) >= 11 is 3.43. The van der Waals surface area contributed by atoms with Crippen LogP contribution in [0.1, 0.15) is 24.2 Å². The topological polar surface area (TPSA) is 36.1 Å². The second-order valence-corrected chi connectivity index (χ2v) is 4.79. The zero-order valence-corrected chi connectivity index (χ0v) is 11.5. The molecule has 2 aromatic rings. The summed E-state index contributed by atoms with van der Waals surface area (Å²) in [5.41, 5.74) is 1.73. The first kappa shape index (κ1) is 12.2. The normalized spacial score (nSPS) is 10.8. The first-order valence-electron chi connectivity index (χ1n) is 5.73. The Balaban J connectivity index is 2.48. The van der Waals surface area contributed by atoms with Crippen molar-refractivity contribution >= 4 is 32.7 Å². The molecule has 0 aliphatic heterocycles. The van der Waals surface area contributed by atoms with E-state index in [9.17, 15) is 4.79 Å². The molecular weight excluding hydrogens is 280 g/mol. The molecule has 1 aromatic carbocycles. The van der Waals surface area contributed by atoms with Crippen molar-refractivity contribution in [3.05, 3.63) is 34.4 Å². The van der Waals surface area contributed by atoms with Gasteiger partial charge in [0.05, 0.1) is 5.56 Å². The van der Waals surface area contributed by atoms with Crippen molar-refractivity contribution in [3.63, 3.8) is 0 Å². The summed E-state index contributed by atoms with van der Waals surface area (Å²) in [6.45, 7) is 5.45. The van der Waals surface area contributed by atoms with Gasteiger partial charge in [0.25, 0.3) is 5.91 Å². The summed E-state index contributed by atoms with van der Waals surface area (Å²) in [6.07, 6.45) is 1.79. The van der Waals surface area contributed by atoms with E-state index in [4.69, 9.17) is 0 Å². The number of halogens is 1. The van der Waals surface area contributed by atoms with Crippen LogP contribution in [-0.2, 0) is 0 Å². The van der Waals surface area contributed by atoms with Gasteiger partial charge in [-0.1, -0.05) is 15.9 Å². The minimum absolute atomic E-state index is 0.0827. The number of benzene rings is 1. The lowest BCUT2D eigenvalue weighted by atomic mass is 10.1. The predicted octanol–water partition coefficient (Wildman–Crippen LogP) is 3.41. The van der Waals surface area contributed by atoms with Gasteiger partial charge in [0.2, 0.25) is 0 Å². The maximum Gasteiger partial charge on any atom is 0.256 e. The van der Waals surface area contributed by atoms with E-state index in [0.29, 0.717) is 0 Å². The van der Waals surface area contributed by atoms with E-state index >= 15 is 0 Å². The molecule has 1 aromatic heterocycles. The van der Waals surface area contributed by atoms with E-state index in [1.54, 1.807) is 6.20 Å². The number of amides is 1. The van der Waals surface area contributed by atoms with E-state index in [-0.39, 0.29) is 5.91 Å². The fraction of sp³-hybridized carbons (Fsp3) is 0.308. The molecule has 1 heterocycles. The Kier molecular flexibility index (Phi) is 3.52. The van der Waals surface area contributed by atoms with Crippen LogP contribution in [0, 0.1) is 0 Å². The first-order chi connectivity index (χ1) is 8.17. The molecule has 17 heavy (non-hydrogen) atoms. The van der Waals surface area contributed by atoms with Gasteiger partial charge in [0.15, 0.2) is 0 Å². The van der Waals surface area contributed by atoms with Gasteiger partial charge < -0.3 is 9.88 Å². The maximum atomic E-state index is 12.3. The molecule has 0 atom stereocenters. The largest absolute Gasteiger partial charge is 0.360 e. The highest BCUT2D eigenvalue weighted by molar-refractivity contribution is 9.10. The molecule has 0 fully saturated rings. The number of H-pyrrole nitrogens is 1. The number of hydrogen-bond acceptors (Lipinski definition) is 1. The highest BCUT2D eigenvalue weighted by atomic mass is 79.9. The number of rotatable bonds is 3. The fourth-order valence-electron chi connectivity index (χ4n) is 1.95. The van der Waals surface area contributed by atoms with Crippen LogP contribution in [-0.4, -0.2) is 28.9 Å². The van der Waals surface area contributed by atoms with Gasteiger partial charge in [0, 0.05) is 34.7 Å². The Hall–Kier alpha value is -1.29. The van der Waals surface area contributed by atoms with Crippen molar-refractivity contribution in [3.8, 4) is 0 Å². The van der Waals surface area contributed by atoms with E-state index in [1.807, 2.05) is 36.9 Å². The van der Waals surface area contributed by atoms with Crippen molar-refractivity contribution in [2.45, 2.75) is 13.8 Å². The molecule has 90 valence electrons. The Morgan fingerprint density at radius 3 is 2.71 bits per heavy atom. The Morgan fingerprint density at radius 2 is 2.06 bits per heavy atom. The van der Waals surface area contributed by atoms with Crippen molar-refractivity contribution in [1.82, 2.24) is 9.88 Å². The average molecular weight is 295 g/mol. The highest BCUT2D eigenvalue weighted by Gasteiger charge is 2.16. The van der Waals surface area contributed by atoms with Crippen LogP contribution in [0.3, 0.4) is 0 Å². The zero-order chi connectivity index (χ0) is 12.4.